The average Bonchev–Trinajstić information content (AvgIpc) is 2.72. The third kappa shape index (κ3) is 1.84. The molecule has 2 nitrogen and oxygen atoms in total. The highest BCUT2D eigenvalue weighted by molar-refractivity contribution is 7.03. The van der Waals surface area contributed by atoms with Crippen LogP contribution in [0.15, 0.2) is 11.6 Å². The van der Waals surface area contributed by atoms with Crippen molar-refractivity contribution in [2.75, 3.05) is 0 Å². The molecule has 0 radical (unpaired) electrons. The zero-order valence-electron chi connectivity index (χ0n) is 8.90. The van der Waals surface area contributed by atoms with Crippen LogP contribution in [0.2, 0.25) is 0 Å². The summed E-state index contributed by atoms with van der Waals surface area (Å²) in [5.41, 5.74) is 1.32. The van der Waals surface area contributed by atoms with Gasteiger partial charge in [-0.05, 0) is 35.2 Å². The van der Waals surface area contributed by atoms with Gasteiger partial charge in [0.2, 0.25) is 0 Å². The van der Waals surface area contributed by atoms with Gasteiger partial charge in [0, 0.05) is 17.1 Å². The monoisotopic (exact) mass is 211 g/mol. The molecule has 1 saturated carbocycles. The second-order valence-electron chi connectivity index (χ2n) is 5.27. The Hall–Kier alpha value is -0.410. The van der Waals surface area contributed by atoms with E-state index in [1.165, 1.54) is 11.5 Å². The quantitative estimate of drug-likeness (QED) is 0.816. The Morgan fingerprint density at radius 2 is 2.29 bits per heavy atom. The lowest BCUT2D eigenvalue weighted by molar-refractivity contribution is 0.133. The Labute approximate surface area is 89.1 Å². The fourth-order valence-electron chi connectivity index (χ4n) is 2.17. The fraction of sp³-hybridized carbons (Fsp3) is 0.727. The molecule has 0 aliphatic heterocycles. The molecule has 0 spiro atoms. The van der Waals surface area contributed by atoms with Crippen LogP contribution in [0.25, 0.3) is 0 Å². The molecule has 2 rings (SSSR count). The molecule has 0 bridgehead atoms. The Kier molecular flexibility index (Phi) is 2.40. The molecule has 3 atom stereocenters. The van der Waals surface area contributed by atoms with E-state index < -0.39 is 0 Å². The molecule has 3 unspecified atom stereocenters. The van der Waals surface area contributed by atoms with E-state index >= 15 is 0 Å². The van der Waals surface area contributed by atoms with Gasteiger partial charge in [0.15, 0.2) is 0 Å². The highest BCUT2D eigenvalue weighted by Gasteiger charge is 2.49. The third-order valence-electron chi connectivity index (χ3n) is 3.15. The predicted molar refractivity (Wildman–Crippen MR) is 58.1 cm³/mol. The lowest BCUT2D eigenvalue weighted by atomic mass is 9.87. The van der Waals surface area contributed by atoms with Crippen molar-refractivity contribution in [1.29, 1.82) is 0 Å². The van der Waals surface area contributed by atoms with Crippen LogP contribution >= 0.6 is 11.5 Å². The lowest BCUT2D eigenvalue weighted by Gasteiger charge is -2.19. The first kappa shape index (κ1) is 10.1. The summed E-state index contributed by atoms with van der Waals surface area (Å²) in [5.74, 6) is 1.11. The van der Waals surface area contributed by atoms with Crippen molar-refractivity contribution < 1.29 is 5.11 Å². The zero-order chi connectivity index (χ0) is 10.3. The number of aliphatic hydroxyl groups excluding tert-OH is 1. The molecule has 0 saturated heterocycles. The van der Waals surface area contributed by atoms with E-state index in [2.05, 4.69) is 25.1 Å². The first-order valence-corrected chi connectivity index (χ1v) is 5.91. The van der Waals surface area contributed by atoms with Gasteiger partial charge in [-0.15, -0.1) is 0 Å². The first-order chi connectivity index (χ1) is 6.50. The fourth-order valence-corrected chi connectivity index (χ4v) is 2.73. The van der Waals surface area contributed by atoms with Crippen LogP contribution in [-0.4, -0.2) is 9.48 Å². The predicted octanol–water partition coefficient (Wildman–Crippen LogP) is 2.86. The van der Waals surface area contributed by atoms with Gasteiger partial charge in [0.05, 0.1) is 6.10 Å². The largest absolute Gasteiger partial charge is 0.388 e. The number of aromatic nitrogens is 1. The molecule has 0 aromatic carbocycles. The van der Waals surface area contributed by atoms with Crippen LogP contribution in [-0.2, 0) is 0 Å². The molecule has 14 heavy (non-hydrogen) atoms. The van der Waals surface area contributed by atoms with Gasteiger partial charge in [0.1, 0.15) is 0 Å². The van der Waals surface area contributed by atoms with E-state index in [1.54, 1.807) is 6.20 Å². The molecule has 78 valence electrons. The molecule has 1 aromatic heterocycles. The maximum atomic E-state index is 10.0. The van der Waals surface area contributed by atoms with Gasteiger partial charge >= 0.3 is 0 Å². The average molecular weight is 211 g/mol. The molecule has 1 fully saturated rings. The SMILES string of the molecule is CC(C)(C)C1CC1C(O)c1cnsc1. The molecule has 1 N–H and O–H groups in total. The van der Waals surface area contributed by atoms with Crippen LogP contribution in [0.3, 0.4) is 0 Å². The second-order valence-corrected chi connectivity index (χ2v) is 5.93. The van der Waals surface area contributed by atoms with Crippen molar-refractivity contribution in [3.63, 3.8) is 0 Å². The highest BCUT2D eigenvalue weighted by atomic mass is 32.1. The van der Waals surface area contributed by atoms with E-state index in [0.717, 1.165) is 12.0 Å². The first-order valence-electron chi connectivity index (χ1n) is 5.07. The summed E-state index contributed by atoms with van der Waals surface area (Å²) in [6, 6.07) is 0. The molecule has 1 aliphatic carbocycles. The summed E-state index contributed by atoms with van der Waals surface area (Å²) in [6.07, 6.45) is 2.64. The number of hydrogen-bond donors (Lipinski definition) is 1. The van der Waals surface area contributed by atoms with Crippen molar-refractivity contribution in [3.05, 3.63) is 17.1 Å². The summed E-state index contributed by atoms with van der Waals surface area (Å²) < 4.78 is 4.02. The highest BCUT2D eigenvalue weighted by Crippen LogP contribution is 2.56. The van der Waals surface area contributed by atoms with Crippen molar-refractivity contribution in [2.24, 2.45) is 17.3 Å². The second kappa shape index (κ2) is 3.31. The Morgan fingerprint density at radius 1 is 1.57 bits per heavy atom. The normalized spacial score (nSPS) is 28.9. The van der Waals surface area contributed by atoms with Crippen LogP contribution in [0.5, 0.6) is 0 Å². The van der Waals surface area contributed by atoms with Crippen LogP contribution in [0, 0.1) is 17.3 Å². The van der Waals surface area contributed by atoms with Crippen LogP contribution < -0.4 is 0 Å². The van der Waals surface area contributed by atoms with E-state index in [-0.39, 0.29) is 6.10 Å². The molecular weight excluding hydrogens is 194 g/mol. The van der Waals surface area contributed by atoms with Crippen molar-refractivity contribution >= 4 is 11.5 Å². The van der Waals surface area contributed by atoms with Gasteiger partial charge < -0.3 is 5.11 Å². The zero-order valence-corrected chi connectivity index (χ0v) is 9.71. The topological polar surface area (TPSA) is 33.1 Å². The Bertz CT molecular complexity index is 302. The van der Waals surface area contributed by atoms with E-state index in [4.69, 9.17) is 0 Å². The van der Waals surface area contributed by atoms with E-state index in [1.807, 2.05) is 5.38 Å². The van der Waals surface area contributed by atoms with Crippen LogP contribution in [0.1, 0.15) is 38.9 Å². The lowest BCUT2D eigenvalue weighted by Crippen LogP contribution is -2.12. The minimum Gasteiger partial charge on any atom is -0.388 e. The van der Waals surface area contributed by atoms with Crippen molar-refractivity contribution in [2.45, 2.75) is 33.3 Å². The molecule has 1 heterocycles. The van der Waals surface area contributed by atoms with Gasteiger partial charge in [-0.25, -0.2) is 4.37 Å². The summed E-state index contributed by atoms with van der Waals surface area (Å²) >= 11 is 1.41. The maximum absolute atomic E-state index is 10.0. The van der Waals surface area contributed by atoms with Crippen molar-refractivity contribution in [3.8, 4) is 0 Å². The van der Waals surface area contributed by atoms with Crippen molar-refractivity contribution in [1.82, 2.24) is 4.37 Å². The number of nitrogens with zero attached hydrogens (tertiary/aromatic N) is 1. The van der Waals surface area contributed by atoms with Gasteiger partial charge in [-0.1, -0.05) is 20.8 Å². The van der Waals surface area contributed by atoms with E-state index in [9.17, 15) is 5.11 Å². The number of hydrogen-bond acceptors (Lipinski definition) is 3. The molecular formula is C11H17NOS. The summed E-state index contributed by atoms with van der Waals surface area (Å²) in [5, 5.41) is 12.0. The van der Waals surface area contributed by atoms with E-state index in [0.29, 0.717) is 17.3 Å². The molecule has 0 amide bonds. The van der Waals surface area contributed by atoms with Gasteiger partial charge in [0.25, 0.3) is 0 Å². The van der Waals surface area contributed by atoms with Crippen LogP contribution in [0.4, 0.5) is 0 Å². The van der Waals surface area contributed by atoms with Gasteiger partial charge in [-0.3, -0.25) is 0 Å². The smallest absolute Gasteiger partial charge is 0.0844 e. The molecule has 3 heteroatoms. The minimum atomic E-state index is -0.294. The Morgan fingerprint density at radius 3 is 2.71 bits per heavy atom. The summed E-state index contributed by atoms with van der Waals surface area (Å²) in [6.45, 7) is 6.74. The summed E-state index contributed by atoms with van der Waals surface area (Å²) in [7, 11) is 0. The van der Waals surface area contributed by atoms with Gasteiger partial charge in [-0.2, -0.15) is 0 Å². The third-order valence-corrected chi connectivity index (χ3v) is 3.76. The summed E-state index contributed by atoms with van der Waals surface area (Å²) in [4.78, 5) is 0. The standard InChI is InChI=1S/C11H17NOS/c1-11(2,3)9-4-8(9)10(13)7-5-12-14-6-7/h5-6,8-10,13H,4H2,1-3H3. The number of aliphatic hydroxyl groups is 1. The molecule has 1 aliphatic rings. The Balaban J connectivity index is 2.00. The molecule has 1 aromatic rings. The maximum Gasteiger partial charge on any atom is 0.0844 e. The minimum absolute atomic E-state index is 0.294. The number of rotatable bonds is 2.